The summed E-state index contributed by atoms with van der Waals surface area (Å²) in [5.74, 6) is 0. The molecule has 12 rings (SSSR count). The summed E-state index contributed by atoms with van der Waals surface area (Å²) >= 11 is 0. The Morgan fingerprint density at radius 3 is 1.47 bits per heavy atom. The maximum absolute atomic E-state index is 4.03. The van der Waals surface area contributed by atoms with Crippen molar-refractivity contribution in [3.8, 4) is 27.9 Å². The van der Waals surface area contributed by atoms with E-state index in [1.807, 2.05) is 0 Å². The Kier molecular flexibility index (Phi) is 7.67. The highest BCUT2D eigenvalue weighted by molar-refractivity contribution is 6.28. The molecule has 1 aliphatic heterocycles. The number of nitrogens with zero attached hydrogens (tertiary/aromatic N) is 1. The van der Waals surface area contributed by atoms with E-state index in [0.29, 0.717) is 0 Å². The van der Waals surface area contributed by atoms with Crippen LogP contribution in [0.3, 0.4) is 0 Å². The van der Waals surface area contributed by atoms with E-state index in [0.717, 1.165) is 17.1 Å². The minimum Gasteiger partial charge on any atom is -0.374 e. The van der Waals surface area contributed by atoms with E-state index in [1.165, 1.54) is 87.5 Å². The smallest absolute Gasteiger partial charge is 0.0764 e. The van der Waals surface area contributed by atoms with Gasteiger partial charge in [0.25, 0.3) is 0 Å². The molecule has 0 aliphatic carbocycles. The van der Waals surface area contributed by atoms with Crippen molar-refractivity contribution in [2.75, 3.05) is 10.6 Å². The number of rotatable bonds is 5. The van der Waals surface area contributed by atoms with Crippen LogP contribution in [0.2, 0.25) is 0 Å². The number of benzene rings is 10. The van der Waals surface area contributed by atoms with Gasteiger partial charge in [0, 0.05) is 16.5 Å². The molecule has 11 aromatic rings. The van der Waals surface area contributed by atoms with Gasteiger partial charge in [-0.3, -0.25) is 0 Å². The van der Waals surface area contributed by atoms with Gasteiger partial charge in [-0.2, -0.15) is 0 Å². The van der Waals surface area contributed by atoms with E-state index in [2.05, 4.69) is 228 Å². The zero-order valence-electron chi connectivity index (χ0n) is 32.3. The Morgan fingerprint density at radius 2 is 0.864 bits per heavy atom. The molecule has 2 heterocycles. The van der Waals surface area contributed by atoms with Crippen LogP contribution in [0, 0.1) is 0 Å². The first-order chi connectivity index (χ1) is 29.2. The van der Waals surface area contributed by atoms with Gasteiger partial charge >= 0.3 is 0 Å². The zero-order valence-corrected chi connectivity index (χ0v) is 32.3. The SMILES string of the molecule is c1ccc(-c2cc(-c3ccccc3)cc(C3Nc4ccccc4NC3c3cccc4cc(-n5c6ccc7ccccc7c6c6c7ccccc7ccc65)ccc34)c2)cc1. The quantitative estimate of drug-likeness (QED) is 0.183. The number of para-hydroxylation sites is 2. The molecule has 0 bridgehead atoms. The molecule has 0 amide bonds. The summed E-state index contributed by atoms with van der Waals surface area (Å²) in [7, 11) is 0. The van der Waals surface area contributed by atoms with Crippen molar-refractivity contribution in [3.63, 3.8) is 0 Å². The average Bonchev–Trinajstić information content (AvgIpc) is 3.67. The lowest BCUT2D eigenvalue weighted by Gasteiger charge is -2.38. The largest absolute Gasteiger partial charge is 0.374 e. The van der Waals surface area contributed by atoms with Gasteiger partial charge in [0.15, 0.2) is 0 Å². The third kappa shape index (κ3) is 5.50. The standard InChI is InChI=1S/C56H39N3/c1-3-14-36(15-4-1)41-32-42(37-16-5-2-6-17-37)34-43(33-41)55-56(58-50-25-12-11-24-49(50)57-55)48-23-13-20-40-35-44(28-29-45(40)48)59-51-30-26-38-18-7-9-21-46(38)53(51)54-47-22-10-8-19-39(47)27-31-52(54)59/h1-35,55-58H. The maximum Gasteiger partial charge on any atom is 0.0764 e. The van der Waals surface area contributed by atoms with Gasteiger partial charge in [-0.15, -0.1) is 0 Å². The Hall–Kier alpha value is -7.62. The van der Waals surface area contributed by atoms with Crippen LogP contribution in [0.25, 0.3) is 82.1 Å². The molecule has 3 heteroatoms. The first-order valence-electron chi connectivity index (χ1n) is 20.5. The van der Waals surface area contributed by atoms with Crippen molar-refractivity contribution < 1.29 is 0 Å². The van der Waals surface area contributed by atoms with E-state index in [1.54, 1.807) is 0 Å². The second-order valence-electron chi connectivity index (χ2n) is 15.8. The molecule has 0 saturated heterocycles. The molecule has 2 atom stereocenters. The molecular weight excluding hydrogens is 715 g/mol. The zero-order chi connectivity index (χ0) is 38.9. The number of nitrogens with one attached hydrogen (secondary N) is 2. The Balaban J connectivity index is 1.04. The summed E-state index contributed by atoms with van der Waals surface area (Å²) in [5, 5.41) is 18.2. The number of anilines is 2. The lowest BCUT2D eigenvalue weighted by Crippen LogP contribution is -2.30. The van der Waals surface area contributed by atoms with Gasteiger partial charge in [-0.25, -0.2) is 0 Å². The van der Waals surface area contributed by atoms with Crippen LogP contribution in [-0.4, -0.2) is 4.57 Å². The summed E-state index contributed by atoms with van der Waals surface area (Å²) in [4.78, 5) is 0. The Bertz CT molecular complexity index is 3250. The van der Waals surface area contributed by atoms with Crippen LogP contribution >= 0.6 is 0 Å². The molecule has 2 unspecified atom stereocenters. The highest BCUT2D eigenvalue weighted by atomic mass is 15.1. The van der Waals surface area contributed by atoms with Crippen LogP contribution in [0.5, 0.6) is 0 Å². The van der Waals surface area contributed by atoms with Crippen molar-refractivity contribution >= 4 is 65.5 Å². The fourth-order valence-electron chi connectivity index (χ4n) is 9.73. The summed E-state index contributed by atoms with van der Waals surface area (Å²) < 4.78 is 2.47. The van der Waals surface area contributed by atoms with Crippen LogP contribution < -0.4 is 10.6 Å². The molecule has 0 radical (unpaired) electrons. The molecular formula is C56H39N3. The van der Waals surface area contributed by atoms with Crippen LogP contribution in [0.4, 0.5) is 11.4 Å². The molecule has 0 spiro atoms. The summed E-state index contributed by atoms with van der Waals surface area (Å²) in [5.41, 5.74) is 13.1. The molecule has 0 fully saturated rings. The third-order valence-corrected chi connectivity index (χ3v) is 12.4. The Labute approximate surface area is 342 Å². The molecule has 3 nitrogen and oxygen atoms in total. The fraction of sp³-hybridized carbons (Fsp3) is 0.0357. The molecule has 10 aromatic carbocycles. The van der Waals surface area contributed by atoms with Crippen molar-refractivity contribution in [1.82, 2.24) is 4.57 Å². The lowest BCUT2D eigenvalue weighted by molar-refractivity contribution is 0.640. The topological polar surface area (TPSA) is 29.0 Å². The first-order valence-corrected chi connectivity index (χ1v) is 20.5. The predicted molar refractivity (Wildman–Crippen MR) is 250 cm³/mol. The summed E-state index contributed by atoms with van der Waals surface area (Å²) in [6.07, 6.45) is 0. The Morgan fingerprint density at radius 1 is 0.339 bits per heavy atom. The molecule has 59 heavy (non-hydrogen) atoms. The summed E-state index contributed by atoms with van der Waals surface area (Å²) in [6.45, 7) is 0. The molecule has 1 aliphatic rings. The predicted octanol–water partition coefficient (Wildman–Crippen LogP) is 14.9. The van der Waals surface area contributed by atoms with Crippen LogP contribution in [0.1, 0.15) is 23.2 Å². The van der Waals surface area contributed by atoms with Gasteiger partial charge in [-0.05, 0) is 120 Å². The lowest BCUT2D eigenvalue weighted by atomic mass is 9.85. The van der Waals surface area contributed by atoms with Gasteiger partial charge < -0.3 is 15.2 Å². The molecule has 1 aromatic heterocycles. The van der Waals surface area contributed by atoms with E-state index in [4.69, 9.17) is 0 Å². The van der Waals surface area contributed by atoms with Gasteiger partial charge in [-0.1, -0.05) is 158 Å². The third-order valence-electron chi connectivity index (χ3n) is 12.4. The number of hydrogen-bond acceptors (Lipinski definition) is 2. The van der Waals surface area contributed by atoms with Crippen molar-refractivity contribution in [2.24, 2.45) is 0 Å². The van der Waals surface area contributed by atoms with E-state index in [9.17, 15) is 0 Å². The number of hydrogen-bond donors (Lipinski definition) is 2. The minimum atomic E-state index is -0.0555. The van der Waals surface area contributed by atoms with Crippen molar-refractivity contribution in [1.29, 1.82) is 0 Å². The number of fused-ring (bicyclic) bond motifs is 9. The second kappa shape index (κ2) is 13.5. The molecule has 2 N–H and O–H groups in total. The highest BCUT2D eigenvalue weighted by Crippen LogP contribution is 2.46. The van der Waals surface area contributed by atoms with Crippen LogP contribution in [-0.2, 0) is 0 Å². The highest BCUT2D eigenvalue weighted by Gasteiger charge is 2.32. The minimum absolute atomic E-state index is 0.0554. The normalized spacial score (nSPS) is 15.1. The van der Waals surface area contributed by atoms with Gasteiger partial charge in [0.05, 0.1) is 34.5 Å². The van der Waals surface area contributed by atoms with Crippen molar-refractivity contribution in [3.05, 3.63) is 223 Å². The number of aromatic nitrogens is 1. The monoisotopic (exact) mass is 753 g/mol. The van der Waals surface area contributed by atoms with Crippen LogP contribution in [0.15, 0.2) is 212 Å². The van der Waals surface area contributed by atoms with Crippen molar-refractivity contribution in [2.45, 2.75) is 12.1 Å². The van der Waals surface area contributed by atoms with Gasteiger partial charge in [0.1, 0.15) is 0 Å². The second-order valence-corrected chi connectivity index (χ2v) is 15.8. The average molecular weight is 754 g/mol. The first kappa shape index (κ1) is 33.5. The summed E-state index contributed by atoms with van der Waals surface area (Å²) in [6, 6.07) is 77.6. The van der Waals surface area contributed by atoms with E-state index < -0.39 is 0 Å². The van der Waals surface area contributed by atoms with E-state index in [-0.39, 0.29) is 12.1 Å². The fourth-order valence-corrected chi connectivity index (χ4v) is 9.73. The molecule has 278 valence electrons. The molecule has 0 saturated carbocycles. The van der Waals surface area contributed by atoms with E-state index >= 15 is 0 Å². The van der Waals surface area contributed by atoms with Gasteiger partial charge in [0.2, 0.25) is 0 Å². The maximum atomic E-state index is 4.03.